The molecule has 1 aromatic carbocycles. The molecule has 1 aromatic rings. The second kappa shape index (κ2) is 5.90. The molecule has 0 aliphatic heterocycles. The summed E-state index contributed by atoms with van der Waals surface area (Å²) >= 11 is 5.83. The zero-order valence-corrected chi connectivity index (χ0v) is 12.3. The van der Waals surface area contributed by atoms with Crippen molar-refractivity contribution in [3.8, 4) is 0 Å². The Morgan fingerprint density at radius 3 is 2.47 bits per heavy atom. The second-order valence-corrected chi connectivity index (χ2v) is 6.48. The topological polar surface area (TPSA) is 83.5 Å². The second-order valence-electron chi connectivity index (χ2n) is 4.42. The Bertz CT molecular complexity index is 573. The summed E-state index contributed by atoms with van der Waals surface area (Å²) < 4.78 is 26.6. The van der Waals surface area contributed by atoms with Gasteiger partial charge in [0.1, 0.15) is 10.4 Å². The van der Waals surface area contributed by atoms with Crippen LogP contribution in [0.1, 0.15) is 26.7 Å². The van der Waals surface area contributed by atoms with Crippen molar-refractivity contribution < 1.29 is 18.3 Å². The average Bonchev–Trinajstić information content (AvgIpc) is 2.28. The maximum Gasteiger partial charge on any atom is 0.324 e. The van der Waals surface area contributed by atoms with E-state index in [0.717, 1.165) is 0 Å². The van der Waals surface area contributed by atoms with Gasteiger partial charge in [0, 0.05) is 0 Å². The van der Waals surface area contributed by atoms with Crippen molar-refractivity contribution in [1.82, 2.24) is 4.72 Å². The van der Waals surface area contributed by atoms with Crippen LogP contribution in [0.5, 0.6) is 0 Å². The van der Waals surface area contributed by atoms with Gasteiger partial charge in [0.05, 0.1) is 5.02 Å². The van der Waals surface area contributed by atoms with Crippen LogP contribution in [-0.2, 0) is 14.8 Å². The van der Waals surface area contributed by atoms with Crippen LogP contribution in [0, 0.1) is 0 Å². The van der Waals surface area contributed by atoms with E-state index in [-0.39, 0.29) is 16.3 Å². The lowest BCUT2D eigenvalue weighted by Gasteiger charge is -2.25. The smallest absolute Gasteiger partial charge is 0.324 e. The van der Waals surface area contributed by atoms with Crippen LogP contribution in [0.15, 0.2) is 29.2 Å². The number of halogens is 1. The molecule has 0 fully saturated rings. The van der Waals surface area contributed by atoms with Gasteiger partial charge in [0.15, 0.2) is 0 Å². The van der Waals surface area contributed by atoms with E-state index in [9.17, 15) is 18.3 Å². The third-order valence-electron chi connectivity index (χ3n) is 2.71. The van der Waals surface area contributed by atoms with Crippen LogP contribution >= 0.6 is 11.6 Å². The van der Waals surface area contributed by atoms with Gasteiger partial charge in [0.25, 0.3) is 0 Å². The number of benzene rings is 1. The third kappa shape index (κ3) is 3.68. The molecule has 106 valence electrons. The Morgan fingerprint density at radius 2 is 2.00 bits per heavy atom. The number of carbonyl (C=O) groups is 1. The summed E-state index contributed by atoms with van der Waals surface area (Å²) in [6.45, 7) is 3.12. The first-order valence-corrected chi connectivity index (χ1v) is 7.61. The largest absolute Gasteiger partial charge is 0.480 e. The number of carboxylic acid groups (broad SMARTS) is 1. The molecular weight excluding hydrogens is 290 g/mol. The van der Waals surface area contributed by atoms with Crippen molar-refractivity contribution in [3.05, 3.63) is 29.3 Å². The number of hydrogen-bond acceptors (Lipinski definition) is 3. The summed E-state index contributed by atoms with van der Waals surface area (Å²) in [7, 11) is -3.98. The molecule has 0 aliphatic rings. The zero-order valence-electron chi connectivity index (χ0n) is 10.7. The summed E-state index contributed by atoms with van der Waals surface area (Å²) in [5.74, 6) is -1.22. The third-order valence-corrected chi connectivity index (χ3v) is 4.80. The number of carboxylic acids is 1. The van der Waals surface area contributed by atoms with Gasteiger partial charge in [-0.15, -0.1) is 0 Å². The van der Waals surface area contributed by atoms with Gasteiger partial charge in [-0.1, -0.05) is 37.1 Å². The van der Waals surface area contributed by atoms with E-state index in [4.69, 9.17) is 11.6 Å². The predicted octanol–water partition coefficient (Wildman–Crippen LogP) is 2.26. The maximum absolute atomic E-state index is 12.2. The number of sulfonamides is 1. The van der Waals surface area contributed by atoms with Crippen molar-refractivity contribution in [1.29, 1.82) is 0 Å². The summed E-state index contributed by atoms with van der Waals surface area (Å²) in [5, 5.41) is 9.24. The van der Waals surface area contributed by atoms with Crippen molar-refractivity contribution >= 4 is 27.6 Å². The molecule has 19 heavy (non-hydrogen) atoms. The van der Waals surface area contributed by atoms with Gasteiger partial charge in [-0.2, -0.15) is 4.72 Å². The van der Waals surface area contributed by atoms with Crippen molar-refractivity contribution in [2.75, 3.05) is 0 Å². The SMILES string of the molecule is CCCC(C)(NS(=O)(=O)c1ccccc1Cl)C(=O)O. The van der Waals surface area contributed by atoms with E-state index in [1.807, 2.05) is 0 Å². The fraction of sp³-hybridized carbons (Fsp3) is 0.417. The van der Waals surface area contributed by atoms with Crippen molar-refractivity contribution in [2.45, 2.75) is 37.1 Å². The minimum absolute atomic E-state index is 0.0548. The Balaban J connectivity index is 3.16. The Kier molecular flexibility index (Phi) is 4.95. The van der Waals surface area contributed by atoms with E-state index in [2.05, 4.69) is 4.72 Å². The van der Waals surface area contributed by atoms with Crippen LogP contribution in [-0.4, -0.2) is 25.0 Å². The number of hydrogen-bond donors (Lipinski definition) is 2. The fourth-order valence-corrected chi connectivity index (χ4v) is 3.63. The predicted molar refractivity (Wildman–Crippen MR) is 72.7 cm³/mol. The summed E-state index contributed by atoms with van der Waals surface area (Å²) in [6.07, 6.45) is 0.722. The van der Waals surface area contributed by atoms with Gasteiger partial charge in [-0.3, -0.25) is 4.79 Å². The summed E-state index contributed by atoms with van der Waals surface area (Å²) in [6, 6.07) is 5.90. The lowest BCUT2D eigenvalue weighted by atomic mass is 9.98. The van der Waals surface area contributed by atoms with Crippen LogP contribution in [0.2, 0.25) is 5.02 Å². The van der Waals surface area contributed by atoms with Crippen LogP contribution in [0.25, 0.3) is 0 Å². The molecule has 0 radical (unpaired) electrons. The van der Waals surface area contributed by atoms with Crippen molar-refractivity contribution in [3.63, 3.8) is 0 Å². The molecule has 0 saturated carbocycles. The molecule has 0 amide bonds. The average molecular weight is 306 g/mol. The van der Waals surface area contributed by atoms with Crippen LogP contribution < -0.4 is 4.72 Å². The highest BCUT2D eigenvalue weighted by Gasteiger charge is 2.37. The molecule has 5 nitrogen and oxygen atoms in total. The number of nitrogens with one attached hydrogen (secondary N) is 1. The summed E-state index contributed by atoms with van der Waals surface area (Å²) in [4.78, 5) is 11.1. The molecule has 2 N–H and O–H groups in total. The number of rotatable bonds is 6. The highest BCUT2D eigenvalue weighted by molar-refractivity contribution is 7.89. The first kappa shape index (κ1) is 15.9. The normalized spacial score (nSPS) is 14.9. The minimum atomic E-state index is -3.98. The van der Waals surface area contributed by atoms with Gasteiger partial charge in [-0.25, -0.2) is 8.42 Å². The number of aliphatic carboxylic acids is 1. The van der Waals surface area contributed by atoms with Gasteiger partial charge in [0.2, 0.25) is 10.0 Å². The molecule has 1 unspecified atom stereocenters. The van der Waals surface area contributed by atoms with E-state index in [1.165, 1.54) is 25.1 Å². The maximum atomic E-state index is 12.2. The standard InChI is InChI=1S/C12H16ClNO4S/c1-3-8-12(2,11(15)16)14-19(17,18)10-7-5-4-6-9(10)13/h4-7,14H,3,8H2,1-2H3,(H,15,16). The highest BCUT2D eigenvalue weighted by Crippen LogP contribution is 2.23. The highest BCUT2D eigenvalue weighted by atomic mass is 35.5. The monoisotopic (exact) mass is 305 g/mol. The lowest BCUT2D eigenvalue weighted by molar-refractivity contribution is -0.143. The molecule has 0 aromatic heterocycles. The molecule has 0 aliphatic carbocycles. The molecule has 7 heteroatoms. The minimum Gasteiger partial charge on any atom is -0.480 e. The molecule has 1 rings (SSSR count). The molecule has 0 spiro atoms. The lowest BCUT2D eigenvalue weighted by Crippen LogP contribution is -2.51. The van der Waals surface area contributed by atoms with E-state index >= 15 is 0 Å². The van der Waals surface area contributed by atoms with Crippen molar-refractivity contribution in [2.24, 2.45) is 0 Å². The molecule has 0 saturated heterocycles. The van der Waals surface area contributed by atoms with Gasteiger partial charge < -0.3 is 5.11 Å². The molecule has 0 bridgehead atoms. The van der Waals surface area contributed by atoms with E-state index in [0.29, 0.717) is 6.42 Å². The molecule has 0 heterocycles. The van der Waals surface area contributed by atoms with Gasteiger partial charge >= 0.3 is 5.97 Å². The van der Waals surface area contributed by atoms with Gasteiger partial charge in [-0.05, 0) is 25.5 Å². The summed E-state index contributed by atoms with van der Waals surface area (Å²) in [5.41, 5.74) is -1.55. The Hall–Kier alpha value is -1.11. The first-order chi connectivity index (χ1) is 8.73. The van der Waals surface area contributed by atoms with Crippen LogP contribution in [0.4, 0.5) is 0 Å². The first-order valence-electron chi connectivity index (χ1n) is 5.75. The Morgan fingerprint density at radius 1 is 1.42 bits per heavy atom. The molecular formula is C12H16ClNO4S. The Labute approximate surface area is 117 Å². The molecule has 1 atom stereocenters. The fourth-order valence-electron chi connectivity index (χ4n) is 1.72. The van der Waals surface area contributed by atoms with E-state index in [1.54, 1.807) is 13.0 Å². The van der Waals surface area contributed by atoms with Crippen LogP contribution in [0.3, 0.4) is 0 Å². The zero-order chi connectivity index (χ0) is 14.7. The van der Waals surface area contributed by atoms with E-state index < -0.39 is 21.5 Å². The quantitative estimate of drug-likeness (QED) is 0.844.